The summed E-state index contributed by atoms with van der Waals surface area (Å²) in [4.78, 5) is 30.2. The number of halogens is 4. The lowest BCUT2D eigenvalue weighted by Crippen LogP contribution is -2.43. The van der Waals surface area contributed by atoms with E-state index in [2.05, 4.69) is 19.9 Å². The molecule has 2 amide bonds. The van der Waals surface area contributed by atoms with E-state index in [0.29, 0.717) is 17.5 Å². The van der Waals surface area contributed by atoms with Crippen molar-refractivity contribution in [2.45, 2.75) is 44.6 Å². The van der Waals surface area contributed by atoms with Crippen LogP contribution in [0.2, 0.25) is 0 Å². The summed E-state index contributed by atoms with van der Waals surface area (Å²) in [5.41, 5.74) is 4.70. The van der Waals surface area contributed by atoms with E-state index in [4.69, 9.17) is 20.2 Å². The number of pyridine rings is 1. The molecular weight excluding hydrogens is 630 g/mol. The molecule has 1 saturated carbocycles. The molecule has 1 aliphatic heterocycles. The number of alkyl halides is 4. The number of benzene rings is 2. The molecule has 2 aromatic carbocycles. The number of carbonyl (C=O) groups excluding carboxylic acids is 2. The van der Waals surface area contributed by atoms with Crippen molar-refractivity contribution in [1.29, 1.82) is 0 Å². The van der Waals surface area contributed by atoms with E-state index in [-0.39, 0.29) is 87.5 Å². The molecule has 2 aromatic heterocycles. The van der Waals surface area contributed by atoms with Gasteiger partial charge in [-0.3, -0.25) is 9.59 Å². The number of aliphatic hydroxyl groups is 1. The number of hydrogen-bond acceptors (Lipinski definition) is 9. The van der Waals surface area contributed by atoms with Crippen molar-refractivity contribution >= 4 is 22.7 Å². The largest absolute Gasteiger partial charge is 0.586 e. The molecule has 248 valence electrons. The second-order valence-electron chi connectivity index (χ2n) is 11.1. The first kappa shape index (κ1) is 31.8. The topological polar surface area (TPSA) is 160 Å². The predicted octanol–water partition coefficient (Wildman–Crippen LogP) is 4.28. The van der Waals surface area contributed by atoms with Crippen LogP contribution in [0.25, 0.3) is 22.2 Å². The number of primary amides is 1. The number of aromatic nitrogens is 3. The van der Waals surface area contributed by atoms with Gasteiger partial charge in [-0.15, -0.1) is 8.78 Å². The number of nitrogens with zero attached hydrogens (tertiary/aromatic N) is 3. The van der Waals surface area contributed by atoms with E-state index >= 15 is 0 Å². The molecule has 3 heterocycles. The van der Waals surface area contributed by atoms with Gasteiger partial charge in [0.25, 0.3) is 5.91 Å². The molecule has 0 radical (unpaired) electrons. The maximum absolute atomic E-state index is 13.8. The molecule has 6 rings (SSSR count). The second-order valence-corrected chi connectivity index (χ2v) is 11.1. The van der Waals surface area contributed by atoms with E-state index in [0.717, 1.165) is 6.20 Å². The lowest BCUT2D eigenvalue weighted by atomic mass is 9.90. The van der Waals surface area contributed by atoms with Gasteiger partial charge >= 0.3 is 12.8 Å². The Kier molecular flexibility index (Phi) is 8.07. The van der Waals surface area contributed by atoms with Crippen molar-refractivity contribution in [2.24, 2.45) is 11.7 Å². The van der Waals surface area contributed by atoms with Gasteiger partial charge in [0.2, 0.25) is 5.91 Å². The number of ether oxygens (including phenoxy) is 4. The van der Waals surface area contributed by atoms with Gasteiger partial charge in [0.15, 0.2) is 11.5 Å². The summed E-state index contributed by atoms with van der Waals surface area (Å²) in [6, 6.07) is 8.18. The summed E-state index contributed by atoms with van der Waals surface area (Å²) in [6.45, 7) is -1.39. The third kappa shape index (κ3) is 6.19. The van der Waals surface area contributed by atoms with E-state index < -0.39 is 30.3 Å². The number of hydrogen-bond donors (Lipinski definition) is 3. The number of fused-ring (bicyclic) bond motifs is 2. The average Bonchev–Trinajstić information content (AvgIpc) is 3.71. The third-order valence-electron chi connectivity index (χ3n) is 7.87. The smallest absolute Gasteiger partial charge is 0.494 e. The Labute approximate surface area is 264 Å². The van der Waals surface area contributed by atoms with Crippen molar-refractivity contribution in [1.82, 2.24) is 20.1 Å². The molecule has 0 bridgehead atoms. The van der Waals surface area contributed by atoms with Gasteiger partial charge in [-0.25, -0.2) is 9.67 Å². The first-order valence-corrected chi connectivity index (χ1v) is 14.5. The molecule has 47 heavy (non-hydrogen) atoms. The highest BCUT2D eigenvalue weighted by atomic mass is 19.3. The van der Waals surface area contributed by atoms with Crippen molar-refractivity contribution in [3.63, 3.8) is 0 Å². The van der Waals surface area contributed by atoms with E-state index in [9.17, 15) is 32.3 Å². The van der Waals surface area contributed by atoms with Crippen molar-refractivity contribution in [3.05, 3.63) is 59.4 Å². The zero-order chi connectivity index (χ0) is 33.7. The van der Waals surface area contributed by atoms with Gasteiger partial charge in [-0.05, 0) is 62.1 Å². The van der Waals surface area contributed by atoms with Crippen LogP contribution in [0, 0.1) is 5.92 Å². The number of nitrogens with one attached hydrogen (secondary N) is 1. The summed E-state index contributed by atoms with van der Waals surface area (Å²) in [7, 11) is 1.31. The molecule has 0 unspecified atom stereocenters. The Bertz CT molecular complexity index is 1880. The molecule has 0 saturated heterocycles. The molecule has 0 spiro atoms. The van der Waals surface area contributed by atoms with Crippen LogP contribution >= 0.6 is 0 Å². The normalized spacial score (nSPS) is 16.3. The number of nitrogens with two attached hydrogens (primary N) is 1. The average molecular weight is 660 g/mol. The number of methoxy groups -OCH3 is 1. The lowest BCUT2D eigenvalue weighted by Gasteiger charge is -2.30. The van der Waals surface area contributed by atoms with Gasteiger partial charge in [0.1, 0.15) is 28.3 Å². The van der Waals surface area contributed by atoms with Crippen LogP contribution in [0.3, 0.4) is 0 Å². The lowest BCUT2D eigenvalue weighted by molar-refractivity contribution is -0.286. The Balaban J connectivity index is 1.38. The monoisotopic (exact) mass is 659 g/mol. The summed E-state index contributed by atoms with van der Waals surface area (Å²) < 4.78 is 74.8. The molecule has 4 aromatic rings. The van der Waals surface area contributed by atoms with Crippen LogP contribution in [-0.2, 0) is 16.8 Å². The fourth-order valence-electron chi connectivity index (χ4n) is 5.55. The minimum absolute atomic E-state index is 0.0632. The fraction of sp³-hybridized carbons (Fsp3) is 0.355. The SMILES string of the molecule is CCOc1c(CC(N)=O)cc([C@@](O)(CNC(=O)c2cc(OC)c3nn(C(F)F)cc3c2)C2CC2)nc1-c1ccc2c(c1)OC(F)(F)O2. The third-order valence-corrected chi connectivity index (χ3v) is 7.87. The fourth-order valence-corrected chi connectivity index (χ4v) is 5.55. The molecule has 1 atom stereocenters. The van der Waals surface area contributed by atoms with Crippen LogP contribution in [0.5, 0.6) is 23.0 Å². The minimum atomic E-state index is -3.86. The standard InChI is InChI=1S/C31H29F4N5O7/c1-3-45-27-16(12-24(36)41)11-23(38-26(27)15-4-7-20-21(9-15)47-31(34,35)46-20)30(43,19-5-6-19)14-37-28(42)17-8-18-13-40(29(32)33)39-25(18)22(10-17)44-2/h4,7-11,13,19,29,43H,3,5-6,12,14H2,1-2H3,(H2,36,41)(H,37,42)/t30-/m1/s1. The highest BCUT2D eigenvalue weighted by Crippen LogP contribution is 2.48. The summed E-state index contributed by atoms with van der Waals surface area (Å²) >= 11 is 0. The molecule has 4 N–H and O–H groups in total. The minimum Gasteiger partial charge on any atom is -0.494 e. The Morgan fingerprint density at radius 2 is 1.94 bits per heavy atom. The van der Waals surface area contributed by atoms with E-state index in [1.807, 2.05) is 0 Å². The summed E-state index contributed by atoms with van der Waals surface area (Å²) in [5, 5.41) is 18.9. The van der Waals surface area contributed by atoms with Gasteiger partial charge < -0.3 is 35.1 Å². The number of carbonyl (C=O) groups is 2. The zero-order valence-electron chi connectivity index (χ0n) is 25.1. The molecule has 2 aliphatic rings. The Hall–Kier alpha value is -5.12. The Morgan fingerprint density at radius 3 is 2.60 bits per heavy atom. The number of amides is 2. The second kappa shape index (κ2) is 11.9. The van der Waals surface area contributed by atoms with Crippen LogP contribution in [0.1, 0.15) is 47.9 Å². The van der Waals surface area contributed by atoms with E-state index in [1.165, 1.54) is 43.5 Å². The van der Waals surface area contributed by atoms with Gasteiger partial charge in [-0.2, -0.15) is 13.9 Å². The van der Waals surface area contributed by atoms with Crippen LogP contribution in [-0.4, -0.2) is 58.2 Å². The molecular formula is C31H29F4N5O7. The van der Waals surface area contributed by atoms with Gasteiger partial charge in [0.05, 0.1) is 32.4 Å². The van der Waals surface area contributed by atoms with Crippen LogP contribution < -0.4 is 30.0 Å². The van der Waals surface area contributed by atoms with E-state index in [1.54, 1.807) is 6.92 Å². The highest BCUT2D eigenvalue weighted by Gasteiger charge is 2.47. The molecule has 1 fully saturated rings. The maximum atomic E-state index is 13.8. The number of rotatable bonds is 12. The molecule has 12 nitrogen and oxygen atoms in total. The Morgan fingerprint density at radius 1 is 1.19 bits per heavy atom. The molecule has 16 heteroatoms. The predicted molar refractivity (Wildman–Crippen MR) is 156 cm³/mol. The van der Waals surface area contributed by atoms with Crippen molar-refractivity contribution in [3.8, 4) is 34.3 Å². The summed E-state index contributed by atoms with van der Waals surface area (Å²) in [6.07, 6.45) is -1.90. The first-order chi connectivity index (χ1) is 22.3. The van der Waals surface area contributed by atoms with Crippen molar-refractivity contribution < 1.29 is 51.2 Å². The van der Waals surface area contributed by atoms with Gasteiger partial charge in [-0.1, -0.05) is 0 Å². The zero-order valence-corrected chi connectivity index (χ0v) is 25.1. The highest BCUT2D eigenvalue weighted by molar-refractivity contribution is 6.00. The summed E-state index contributed by atoms with van der Waals surface area (Å²) in [5.74, 6) is -1.91. The van der Waals surface area contributed by atoms with Gasteiger partial charge in [0, 0.05) is 28.3 Å². The van der Waals surface area contributed by atoms with Crippen LogP contribution in [0.4, 0.5) is 17.6 Å². The van der Waals surface area contributed by atoms with Crippen LogP contribution in [0.15, 0.2) is 42.6 Å². The first-order valence-electron chi connectivity index (χ1n) is 14.5. The maximum Gasteiger partial charge on any atom is 0.586 e. The van der Waals surface area contributed by atoms with Crippen molar-refractivity contribution in [2.75, 3.05) is 20.3 Å². The molecule has 1 aliphatic carbocycles. The quantitative estimate of drug-likeness (QED) is 0.189.